The zero-order valence-electron chi connectivity index (χ0n) is 13.3. The normalized spacial score (nSPS) is 10.6. The van der Waals surface area contributed by atoms with Gasteiger partial charge in [0.15, 0.2) is 0 Å². The SMILES string of the molecule is Cc1ccc(C)c(Sc2ccc(NC(=O)CSCCO)cc2)c1. The van der Waals surface area contributed by atoms with Crippen LogP contribution in [0, 0.1) is 13.8 Å². The number of carbonyl (C=O) groups excluding carboxylic acids is 1. The first kappa shape index (κ1) is 17.9. The fourth-order valence-corrected chi connectivity index (χ4v) is 3.51. The highest BCUT2D eigenvalue weighted by Crippen LogP contribution is 2.31. The molecule has 0 aromatic heterocycles. The van der Waals surface area contributed by atoms with Gasteiger partial charge in [-0.2, -0.15) is 0 Å². The Kier molecular flexibility index (Phi) is 7.02. The van der Waals surface area contributed by atoms with Gasteiger partial charge in [-0.1, -0.05) is 23.9 Å². The van der Waals surface area contributed by atoms with Crippen molar-refractivity contribution in [2.24, 2.45) is 0 Å². The smallest absolute Gasteiger partial charge is 0.234 e. The number of rotatable bonds is 7. The van der Waals surface area contributed by atoms with Crippen LogP contribution in [0.15, 0.2) is 52.3 Å². The quantitative estimate of drug-likeness (QED) is 0.740. The molecule has 0 aliphatic heterocycles. The second kappa shape index (κ2) is 9.01. The van der Waals surface area contributed by atoms with Gasteiger partial charge in [-0.25, -0.2) is 0 Å². The van der Waals surface area contributed by atoms with E-state index >= 15 is 0 Å². The summed E-state index contributed by atoms with van der Waals surface area (Å²) in [4.78, 5) is 14.1. The number of anilines is 1. The zero-order valence-corrected chi connectivity index (χ0v) is 15.0. The van der Waals surface area contributed by atoms with Gasteiger partial charge in [-0.3, -0.25) is 4.79 Å². The Morgan fingerprint density at radius 3 is 2.57 bits per heavy atom. The van der Waals surface area contributed by atoms with E-state index in [0.29, 0.717) is 11.5 Å². The van der Waals surface area contributed by atoms with Gasteiger partial charge in [0.2, 0.25) is 5.91 Å². The molecule has 0 unspecified atom stereocenters. The van der Waals surface area contributed by atoms with Crippen LogP contribution in [0.1, 0.15) is 11.1 Å². The number of carbonyl (C=O) groups is 1. The molecule has 0 atom stereocenters. The highest BCUT2D eigenvalue weighted by atomic mass is 32.2. The number of hydrogen-bond acceptors (Lipinski definition) is 4. The van der Waals surface area contributed by atoms with Crippen LogP contribution >= 0.6 is 23.5 Å². The lowest BCUT2D eigenvalue weighted by molar-refractivity contribution is -0.113. The minimum Gasteiger partial charge on any atom is -0.396 e. The van der Waals surface area contributed by atoms with E-state index in [1.807, 2.05) is 24.3 Å². The third-order valence-corrected chi connectivity index (χ3v) is 5.28. The first-order chi connectivity index (χ1) is 11.1. The van der Waals surface area contributed by atoms with Crippen LogP contribution in [0.25, 0.3) is 0 Å². The fraction of sp³-hybridized carbons (Fsp3) is 0.278. The van der Waals surface area contributed by atoms with Crippen LogP contribution in [-0.2, 0) is 4.79 Å². The molecule has 2 aromatic carbocycles. The molecule has 3 nitrogen and oxygen atoms in total. The van der Waals surface area contributed by atoms with Crippen LogP contribution in [0.3, 0.4) is 0 Å². The number of amides is 1. The van der Waals surface area contributed by atoms with E-state index in [4.69, 9.17) is 5.11 Å². The molecule has 0 aliphatic rings. The number of aliphatic hydroxyl groups is 1. The summed E-state index contributed by atoms with van der Waals surface area (Å²) in [6.07, 6.45) is 0. The van der Waals surface area contributed by atoms with Gasteiger partial charge in [0, 0.05) is 21.2 Å². The average molecular weight is 348 g/mol. The maximum Gasteiger partial charge on any atom is 0.234 e. The predicted molar refractivity (Wildman–Crippen MR) is 99.5 cm³/mol. The molecule has 0 bridgehead atoms. The van der Waals surface area contributed by atoms with Crippen molar-refractivity contribution in [3.8, 4) is 0 Å². The van der Waals surface area contributed by atoms with Crippen LogP contribution in [0.5, 0.6) is 0 Å². The molecule has 5 heteroatoms. The molecule has 0 radical (unpaired) electrons. The van der Waals surface area contributed by atoms with Crippen molar-refractivity contribution in [3.05, 3.63) is 53.6 Å². The first-order valence-corrected chi connectivity index (χ1v) is 9.39. The Labute approximate surface area is 145 Å². The van der Waals surface area contributed by atoms with Crippen LogP contribution in [0.4, 0.5) is 5.69 Å². The summed E-state index contributed by atoms with van der Waals surface area (Å²) < 4.78 is 0. The summed E-state index contributed by atoms with van der Waals surface area (Å²) in [5.41, 5.74) is 3.31. The fourth-order valence-electron chi connectivity index (χ4n) is 1.98. The summed E-state index contributed by atoms with van der Waals surface area (Å²) >= 11 is 3.15. The number of nitrogens with one attached hydrogen (secondary N) is 1. The lowest BCUT2D eigenvalue weighted by Gasteiger charge is -2.08. The average Bonchev–Trinajstić information content (AvgIpc) is 2.53. The van der Waals surface area contributed by atoms with E-state index in [9.17, 15) is 4.79 Å². The molecule has 2 rings (SSSR count). The van der Waals surface area contributed by atoms with Crippen molar-refractivity contribution < 1.29 is 9.90 Å². The number of aliphatic hydroxyl groups excluding tert-OH is 1. The molecule has 2 aromatic rings. The predicted octanol–water partition coefficient (Wildman–Crippen LogP) is 4.12. The third-order valence-electron chi connectivity index (χ3n) is 3.18. The molecule has 23 heavy (non-hydrogen) atoms. The summed E-state index contributed by atoms with van der Waals surface area (Å²) in [7, 11) is 0. The lowest BCUT2D eigenvalue weighted by atomic mass is 10.2. The van der Waals surface area contributed by atoms with Crippen LogP contribution < -0.4 is 5.32 Å². The van der Waals surface area contributed by atoms with Gasteiger partial charge < -0.3 is 10.4 Å². The first-order valence-electron chi connectivity index (χ1n) is 7.42. The van der Waals surface area contributed by atoms with Crippen LogP contribution in [-0.4, -0.2) is 29.1 Å². The number of hydrogen-bond donors (Lipinski definition) is 2. The second-order valence-electron chi connectivity index (χ2n) is 5.22. The monoisotopic (exact) mass is 347 g/mol. The number of aryl methyl sites for hydroxylation is 2. The van der Waals surface area contributed by atoms with Gasteiger partial charge in [0.1, 0.15) is 0 Å². The van der Waals surface area contributed by atoms with E-state index < -0.39 is 0 Å². The van der Waals surface area contributed by atoms with Crippen molar-refractivity contribution in [2.45, 2.75) is 23.6 Å². The Balaban J connectivity index is 1.94. The largest absolute Gasteiger partial charge is 0.396 e. The summed E-state index contributed by atoms with van der Waals surface area (Å²) in [6, 6.07) is 14.3. The van der Waals surface area contributed by atoms with E-state index in [-0.39, 0.29) is 12.5 Å². The van der Waals surface area contributed by atoms with Crippen LogP contribution in [0.2, 0.25) is 0 Å². The van der Waals surface area contributed by atoms with Gasteiger partial charge in [-0.15, -0.1) is 11.8 Å². The highest BCUT2D eigenvalue weighted by Gasteiger charge is 2.04. The second-order valence-corrected chi connectivity index (χ2v) is 7.44. The maximum atomic E-state index is 11.7. The lowest BCUT2D eigenvalue weighted by Crippen LogP contribution is -2.14. The maximum absolute atomic E-state index is 11.7. The summed E-state index contributed by atoms with van der Waals surface area (Å²) in [5.74, 6) is 0.900. The van der Waals surface area contributed by atoms with E-state index in [1.165, 1.54) is 27.8 Å². The summed E-state index contributed by atoms with van der Waals surface area (Å²) in [5, 5.41) is 11.6. The molecule has 122 valence electrons. The van der Waals surface area contributed by atoms with E-state index in [1.54, 1.807) is 11.8 Å². The van der Waals surface area contributed by atoms with Gasteiger partial charge in [0.05, 0.1) is 12.4 Å². The molecular weight excluding hydrogens is 326 g/mol. The zero-order chi connectivity index (χ0) is 16.7. The van der Waals surface area contributed by atoms with Gasteiger partial charge >= 0.3 is 0 Å². The van der Waals surface area contributed by atoms with E-state index in [0.717, 1.165) is 10.6 Å². The number of thioether (sulfide) groups is 1. The highest BCUT2D eigenvalue weighted by molar-refractivity contribution is 8.00. The molecular formula is C18H21NO2S2. The molecule has 0 saturated carbocycles. The topological polar surface area (TPSA) is 49.3 Å². The van der Waals surface area contributed by atoms with Gasteiger partial charge in [0.25, 0.3) is 0 Å². The van der Waals surface area contributed by atoms with Crippen molar-refractivity contribution in [3.63, 3.8) is 0 Å². The van der Waals surface area contributed by atoms with E-state index in [2.05, 4.69) is 37.4 Å². The third kappa shape index (κ3) is 5.94. The molecule has 0 heterocycles. The molecule has 2 N–H and O–H groups in total. The van der Waals surface area contributed by atoms with Crippen molar-refractivity contribution in [2.75, 3.05) is 23.4 Å². The standard InChI is InChI=1S/C18H21NO2S2/c1-13-3-4-14(2)17(11-13)23-16-7-5-15(6-8-16)19-18(21)12-22-10-9-20/h3-8,11,20H,9-10,12H2,1-2H3,(H,19,21). The summed E-state index contributed by atoms with van der Waals surface area (Å²) in [6.45, 7) is 4.31. The minimum atomic E-state index is -0.0432. The molecule has 1 amide bonds. The Morgan fingerprint density at radius 2 is 1.87 bits per heavy atom. The molecule has 0 fully saturated rings. The Hall–Kier alpha value is -1.43. The van der Waals surface area contributed by atoms with Crippen molar-refractivity contribution >= 4 is 35.1 Å². The number of benzene rings is 2. The Morgan fingerprint density at radius 1 is 1.13 bits per heavy atom. The van der Waals surface area contributed by atoms with Crippen molar-refractivity contribution in [1.82, 2.24) is 0 Å². The van der Waals surface area contributed by atoms with Gasteiger partial charge in [-0.05, 0) is 55.3 Å². The molecule has 0 spiro atoms. The molecule has 0 saturated heterocycles. The molecule has 0 aliphatic carbocycles. The Bertz CT molecular complexity index is 657. The minimum absolute atomic E-state index is 0.0432. The van der Waals surface area contributed by atoms with Crippen molar-refractivity contribution in [1.29, 1.82) is 0 Å².